The highest BCUT2D eigenvalue weighted by Crippen LogP contribution is 2.41. The largest absolute Gasteiger partial charge is 0.379 e. The molecule has 1 atom stereocenters. The van der Waals surface area contributed by atoms with Crippen molar-refractivity contribution in [1.29, 1.82) is 0 Å². The summed E-state index contributed by atoms with van der Waals surface area (Å²) < 4.78 is 5.45. The lowest BCUT2D eigenvalue weighted by Crippen LogP contribution is -2.50. The quantitative estimate of drug-likeness (QED) is 0.503. The van der Waals surface area contributed by atoms with E-state index < -0.39 is 0 Å². The summed E-state index contributed by atoms with van der Waals surface area (Å²) in [6.45, 7) is 7.41. The lowest BCUT2D eigenvalue weighted by atomic mass is 9.71. The molecule has 4 rings (SSSR count). The second-order valence-corrected chi connectivity index (χ2v) is 10.3. The van der Waals surface area contributed by atoms with E-state index in [4.69, 9.17) is 27.9 Å². The van der Waals surface area contributed by atoms with Gasteiger partial charge < -0.3 is 9.64 Å². The van der Waals surface area contributed by atoms with E-state index in [0.29, 0.717) is 28.8 Å². The zero-order valence-corrected chi connectivity index (χ0v) is 21.4. The van der Waals surface area contributed by atoms with Gasteiger partial charge >= 0.3 is 0 Å². The second kappa shape index (κ2) is 11.8. The van der Waals surface area contributed by atoms with E-state index in [0.717, 1.165) is 70.8 Å². The summed E-state index contributed by atoms with van der Waals surface area (Å²) in [6.07, 6.45) is 5.07. The molecule has 0 bridgehead atoms. The van der Waals surface area contributed by atoms with Gasteiger partial charge in [-0.1, -0.05) is 35.3 Å². The Labute approximate surface area is 212 Å². The molecule has 34 heavy (non-hydrogen) atoms. The van der Waals surface area contributed by atoms with Gasteiger partial charge in [0.05, 0.1) is 23.3 Å². The molecule has 0 aliphatic carbocycles. The number of hydrogen-bond acceptors (Lipinski definition) is 5. The molecule has 2 aromatic rings. The smallest absolute Gasteiger partial charge is 0.228 e. The first-order valence-corrected chi connectivity index (χ1v) is 12.9. The monoisotopic (exact) mass is 504 g/mol. The highest BCUT2D eigenvalue weighted by atomic mass is 35.5. The summed E-state index contributed by atoms with van der Waals surface area (Å²) in [5.41, 5.74) is 0.926. The van der Waals surface area contributed by atoms with Gasteiger partial charge in [-0.2, -0.15) is 0 Å². The second-order valence-electron chi connectivity index (χ2n) is 9.44. The molecule has 1 aromatic heterocycles. The maximum atomic E-state index is 12.9. The minimum atomic E-state index is -0.210. The van der Waals surface area contributed by atoms with Crippen LogP contribution in [0.4, 0.5) is 5.82 Å². The lowest BCUT2D eigenvalue weighted by molar-refractivity contribution is -0.120. The third-order valence-corrected chi connectivity index (χ3v) is 7.87. The van der Waals surface area contributed by atoms with Gasteiger partial charge in [-0.15, -0.1) is 0 Å². The number of anilines is 1. The van der Waals surface area contributed by atoms with Crippen LogP contribution in [0.1, 0.15) is 31.2 Å². The van der Waals surface area contributed by atoms with Crippen LogP contribution in [0.5, 0.6) is 0 Å². The maximum absolute atomic E-state index is 12.9. The van der Waals surface area contributed by atoms with Crippen LogP contribution in [0.15, 0.2) is 42.6 Å². The Morgan fingerprint density at radius 1 is 1.12 bits per heavy atom. The number of morpholine rings is 1. The zero-order chi connectivity index (χ0) is 24.0. The van der Waals surface area contributed by atoms with Gasteiger partial charge in [0, 0.05) is 37.7 Å². The molecule has 2 aliphatic heterocycles. The number of ether oxygens (including phenoxy) is 1. The van der Waals surface area contributed by atoms with Gasteiger partial charge in [-0.05, 0) is 75.8 Å². The van der Waals surface area contributed by atoms with Gasteiger partial charge in [-0.3, -0.25) is 14.6 Å². The van der Waals surface area contributed by atoms with E-state index in [1.54, 1.807) is 6.20 Å². The third kappa shape index (κ3) is 6.29. The van der Waals surface area contributed by atoms with Crippen molar-refractivity contribution in [3.8, 4) is 0 Å². The fourth-order valence-corrected chi connectivity index (χ4v) is 5.29. The number of halogens is 2. The first-order valence-electron chi connectivity index (χ1n) is 12.1. The number of carbonyl (C=O) groups excluding carboxylic acids is 1. The SMILES string of the molecule is CN(CCCN1CCOCC1)CC[C@@]1(c2ccc(Cl)c(Cl)c2)CCC(=O)N(c2ccccn2)C1. The number of carbonyl (C=O) groups is 1. The minimum Gasteiger partial charge on any atom is -0.379 e. The van der Waals surface area contributed by atoms with Crippen LogP contribution in [0.2, 0.25) is 10.0 Å². The molecule has 6 nitrogen and oxygen atoms in total. The molecule has 2 fully saturated rings. The fraction of sp³-hybridized carbons (Fsp3) is 0.538. The van der Waals surface area contributed by atoms with Crippen molar-refractivity contribution in [3.05, 3.63) is 58.2 Å². The zero-order valence-electron chi connectivity index (χ0n) is 19.9. The van der Waals surface area contributed by atoms with Crippen LogP contribution in [-0.4, -0.2) is 80.2 Å². The van der Waals surface area contributed by atoms with Gasteiger partial charge in [-0.25, -0.2) is 4.98 Å². The molecule has 0 unspecified atom stereocenters. The molecule has 0 spiro atoms. The molecule has 8 heteroatoms. The normalized spacial score (nSPS) is 21.9. The third-order valence-electron chi connectivity index (χ3n) is 7.13. The van der Waals surface area contributed by atoms with Crippen molar-refractivity contribution >= 4 is 34.9 Å². The van der Waals surface area contributed by atoms with Gasteiger partial charge in [0.1, 0.15) is 5.82 Å². The topological polar surface area (TPSA) is 48.9 Å². The van der Waals surface area contributed by atoms with Crippen LogP contribution in [-0.2, 0) is 14.9 Å². The van der Waals surface area contributed by atoms with Crippen molar-refractivity contribution in [1.82, 2.24) is 14.8 Å². The molecule has 0 saturated carbocycles. The van der Waals surface area contributed by atoms with E-state index in [9.17, 15) is 4.79 Å². The Morgan fingerprint density at radius 2 is 1.94 bits per heavy atom. The summed E-state index contributed by atoms with van der Waals surface area (Å²) in [6, 6.07) is 11.6. The van der Waals surface area contributed by atoms with E-state index >= 15 is 0 Å². The lowest BCUT2D eigenvalue weighted by Gasteiger charge is -2.43. The fourth-order valence-electron chi connectivity index (χ4n) is 4.99. The van der Waals surface area contributed by atoms with Gasteiger partial charge in [0.2, 0.25) is 5.91 Å². The molecule has 0 N–H and O–H groups in total. The number of aromatic nitrogens is 1. The predicted molar refractivity (Wildman–Crippen MR) is 138 cm³/mol. The van der Waals surface area contributed by atoms with Crippen LogP contribution in [0, 0.1) is 0 Å². The summed E-state index contributed by atoms with van der Waals surface area (Å²) >= 11 is 12.7. The summed E-state index contributed by atoms with van der Waals surface area (Å²) in [5.74, 6) is 0.823. The number of pyridine rings is 1. The van der Waals surface area contributed by atoms with E-state index in [1.165, 1.54) is 0 Å². The number of benzene rings is 1. The Kier molecular flexibility index (Phi) is 8.83. The summed E-state index contributed by atoms with van der Waals surface area (Å²) in [7, 11) is 2.19. The van der Waals surface area contributed by atoms with Crippen LogP contribution < -0.4 is 4.90 Å². The number of amides is 1. The Balaban J connectivity index is 1.46. The van der Waals surface area contributed by atoms with E-state index in [1.807, 2.05) is 35.2 Å². The molecule has 2 aliphatic rings. The minimum absolute atomic E-state index is 0.119. The number of nitrogens with zero attached hydrogens (tertiary/aromatic N) is 4. The van der Waals surface area contributed by atoms with Crippen molar-refractivity contribution in [2.75, 3.05) is 64.4 Å². The van der Waals surface area contributed by atoms with Crippen molar-refractivity contribution in [3.63, 3.8) is 0 Å². The Morgan fingerprint density at radius 3 is 2.68 bits per heavy atom. The molecular weight excluding hydrogens is 471 g/mol. The molecule has 1 aromatic carbocycles. The molecule has 1 amide bonds. The van der Waals surface area contributed by atoms with Crippen molar-refractivity contribution < 1.29 is 9.53 Å². The number of piperidine rings is 1. The average molecular weight is 505 g/mol. The molecule has 2 saturated heterocycles. The van der Waals surface area contributed by atoms with Crippen LogP contribution in [0.25, 0.3) is 0 Å². The Bertz CT molecular complexity index is 955. The summed E-state index contributed by atoms with van der Waals surface area (Å²) in [4.78, 5) is 24.1. The van der Waals surface area contributed by atoms with Gasteiger partial charge in [0.25, 0.3) is 0 Å². The standard InChI is InChI=1S/C26H34Cl2N4O2/c1-30(12-4-13-31-15-17-34-18-16-31)14-10-26(21-6-7-22(27)23(28)19-21)9-8-25(33)32(20-26)24-5-2-3-11-29-24/h2-3,5-7,11,19H,4,8-10,12-18,20H2,1H3/t26-/m0/s1. The average Bonchev–Trinajstić information content (AvgIpc) is 2.86. The first kappa shape index (κ1) is 25.4. The van der Waals surface area contributed by atoms with E-state index in [2.05, 4.69) is 27.9 Å². The predicted octanol–water partition coefficient (Wildman–Crippen LogP) is 4.50. The highest BCUT2D eigenvalue weighted by molar-refractivity contribution is 6.42. The van der Waals surface area contributed by atoms with E-state index in [-0.39, 0.29) is 11.3 Å². The van der Waals surface area contributed by atoms with Crippen LogP contribution in [0.3, 0.4) is 0 Å². The molecule has 3 heterocycles. The number of hydrogen-bond donors (Lipinski definition) is 0. The number of rotatable bonds is 9. The Hall–Kier alpha value is -1.70. The molecule has 0 radical (unpaired) electrons. The molecular formula is C26H34Cl2N4O2. The maximum Gasteiger partial charge on any atom is 0.228 e. The first-order chi connectivity index (χ1) is 16.5. The molecule has 184 valence electrons. The van der Waals surface area contributed by atoms with Gasteiger partial charge in [0.15, 0.2) is 0 Å². The van der Waals surface area contributed by atoms with Crippen molar-refractivity contribution in [2.24, 2.45) is 0 Å². The van der Waals surface area contributed by atoms with Crippen LogP contribution >= 0.6 is 23.2 Å². The van der Waals surface area contributed by atoms with Crippen molar-refractivity contribution in [2.45, 2.75) is 31.1 Å². The summed E-state index contributed by atoms with van der Waals surface area (Å²) in [5, 5.41) is 1.10. The highest BCUT2D eigenvalue weighted by Gasteiger charge is 2.41.